The van der Waals surface area contributed by atoms with Crippen molar-refractivity contribution in [3.05, 3.63) is 130 Å². The van der Waals surface area contributed by atoms with Crippen molar-refractivity contribution in [1.29, 1.82) is 0 Å². The number of nitrogens with zero attached hydrogens (tertiary/aromatic N) is 3. The maximum Gasteiger partial charge on any atom is 0.297 e. The van der Waals surface area contributed by atoms with Crippen molar-refractivity contribution in [2.24, 2.45) is 0 Å². The molecule has 8 rings (SSSR count). The number of hydrogen-bond donors (Lipinski definition) is 0. The summed E-state index contributed by atoms with van der Waals surface area (Å²) in [5.74, 6) is 2.64. The molecule has 3 heterocycles. The van der Waals surface area contributed by atoms with Crippen molar-refractivity contribution < 1.29 is 13.1 Å². The highest BCUT2D eigenvalue weighted by Gasteiger charge is 2.35. The van der Waals surface area contributed by atoms with Gasteiger partial charge in [0.1, 0.15) is 5.82 Å². The van der Waals surface area contributed by atoms with Gasteiger partial charge in [-0.2, -0.15) is 0 Å². The highest BCUT2D eigenvalue weighted by molar-refractivity contribution is 5.88. The summed E-state index contributed by atoms with van der Waals surface area (Å²) in [4.78, 5) is 5.21. The van der Waals surface area contributed by atoms with Crippen LogP contribution in [0.5, 0.6) is 0 Å². The second-order valence-electron chi connectivity index (χ2n) is 15.1. The third kappa shape index (κ3) is 5.09. The second-order valence-corrected chi connectivity index (χ2v) is 15.1. The van der Waals surface area contributed by atoms with Crippen LogP contribution in [0.1, 0.15) is 101 Å². The lowest BCUT2D eigenvalue weighted by Crippen LogP contribution is -2.32. The lowest BCUT2D eigenvalue weighted by atomic mass is 9.91. The first-order chi connectivity index (χ1) is 24.1. The molecule has 5 nitrogen and oxygen atoms in total. The third-order valence-electron chi connectivity index (χ3n) is 10.5. The minimum Gasteiger partial charge on any atom is -0.443 e. The molecule has 1 fully saturated rings. The normalized spacial score (nSPS) is 14.0. The molecule has 1 saturated heterocycles. The van der Waals surface area contributed by atoms with Gasteiger partial charge in [-0.15, -0.1) is 4.24 Å². The molecule has 0 saturated carbocycles. The molecule has 0 aliphatic carbocycles. The van der Waals surface area contributed by atoms with Crippen molar-refractivity contribution in [3.63, 3.8) is 0 Å². The second kappa shape index (κ2) is 12.4. The SMILES string of the molecule is CC(C)c1cccc(C(C)C)c1N1CCN(c2c(C(C)C)cccc2C(C)C)C1=c1cc2oc3ccccc3[n+]3c4ccccc4oc(c1)c2=3. The molecular formula is C45H48N3O2+. The Morgan fingerprint density at radius 1 is 0.480 bits per heavy atom. The highest BCUT2D eigenvalue weighted by atomic mass is 16.3. The van der Waals surface area contributed by atoms with Gasteiger partial charge in [0.15, 0.2) is 11.2 Å². The number of para-hydroxylation sites is 6. The Hall–Kier alpha value is -5.03. The summed E-state index contributed by atoms with van der Waals surface area (Å²) in [5, 5.41) is 2.02. The van der Waals surface area contributed by atoms with Gasteiger partial charge < -0.3 is 18.6 Å². The van der Waals surface area contributed by atoms with E-state index in [1.807, 2.05) is 12.1 Å². The fraction of sp³-hybridized carbons (Fsp3) is 0.311. The third-order valence-corrected chi connectivity index (χ3v) is 10.5. The van der Waals surface area contributed by atoms with E-state index in [-0.39, 0.29) is 0 Å². The van der Waals surface area contributed by atoms with Gasteiger partial charge in [-0.3, -0.25) is 0 Å². The summed E-state index contributed by atoms with van der Waals surface area (Å²) >= 11 is 0. The summed E-state index contributed by atoms with van der Waals surface area (Å²) in [6, 6.07) is 34.9. The molecular weight excluding hydrogens is 615 g/mol. The fourth-order valence-corrected chi connectivity index (χ4v) is 8.10. The lowest BCUT2D eigenvalue weighted by Gasteiger charge is -2.33. The number of benzene rings is 5. The molecule has 0 radical (unpaired) electrons. The van der Waals surface area contributed by atoms with Gasteiger partial charge in [0, 0.05) is 41.8 Å². The first-order valence-electron chi connectivity index (χ1n) is 18.3. The monoisotopic (exact) mass is 662 g/mol. The topological polar surface area (TPSA) is 38.7 Å². The van der Waals surface area contributed by atoms with E-state index in [1.54, 1.807) is 0 Å². The summed E-state index contributed by atoms with van der Waals surface area (Å²) in [6.45, 7) is 20.3. The van der Waals surface area contributed by atoms with Crippen LogP contribution < -0.4 is 19.3 Å². The average molecular weight is 663 g/mol. The van der Waals surface area contributed by atoms with Crippen LogP contribution in [-0.2, 0) is 0 Å². The maximum atomic E-state index is 6.80. The van der Waals surface area contributed by atoms with Crippen LogP contribution in [0, 0.1) is 5.36 Å². The van der Waals surface area contributed by atoms with Gasteiger partial charge in [-0.05, 0) is 70.2 Å². The molecule has 0 unspecified atom stereocenters. The summed E-state index contributed by atoms with van der Waals surface area (Å²) in [5.41, 5.74) is 13.4. The zero-order valence-corrected chi connectivity index (χ0v) is 30.6. The molecule has 0 bridgehead atoms. The lowest BCUT2D eigenvalue weighted by molar-refractivity contribution is -0.450. The van der Waals surface area contributed by atoms with Crippen LogP contribution in [0.15, 0.2) is 106 Å². The van der Waals surface area contributed by atoms with Crippen molar-refractivity contribution in [2.45, 2.75) is 79.1 Å². The number of anilines is 2. The van der Waals surface area contributed by atoms with Crippen molar-refractivity contribution in [3.8, 4) is 0 Å². The predicted octanol–water partition coefficient (Wildman–Crippen LogP) is 10.7. The molecule has 0 atom stereocenters. The van der Waals surface area contributed by atoms with Crippen LogP contribution in [0.4, 0.5) is 11.4 Å². The standard InChI is InChI=1S/C45H48N3O2/c1-27(2)32-15-13-16-33(28(3)4)42(32)46-23-24-47(43-34(29(5)6)17-14-18-35(43)30(7)8)45(46)31-25-40-44-41(26-31)50-39-22-12-10-20-37(39)48(44)36-19-9-11-21-38(36)49-40/h9-22,25-30H,23-24H2,1-8H3/q+1. The van der Waals surface area contributed by atoms with Crippen LogP contribution >= 0.6 is 0 Å². The van der Waals surface area contributed by atoms with Gasteiger partial charge >= 0.3 is 0 Å². The number of aromatic nitrogens is 1. The summed E-state index contributed by atoms with van der Waals surface area (Å²) in [7, 11) is 0. The Morgan fingerprint density at radius 2 is 0.860 bits per heavy atom. The summed E-state index contributed by atoms with van der Waals surface area (Å²) < 4.78 is 15.9. The van der Waals surface area contributed by atoms with E-state index in [4.69, 9.17) is 8.83 Å². The molecule has 0 spiro atoms. The highest BCUT2D eigenvalue weighted by Crippen LogP contribution is 2.44. The van der Waals surface area contributed by atoms with E-state index < -0.39 is 0 Å². The van der Waals surface area contributed by atoms with E-state index in [9.17, 15) is 0 Å². The molecule has 0 aromatic heterocycles. The van der Waals surface area contributed by atoms with Gasteiger partial charge in [0.25, 0.3) is 16.4 Å². The van der Waals surface area contributed by atoms with Crippen LogP contribution in [0.2, 0.25) is 0 Å². The maximum absolute atomic E-state index is 6.80. The molecule has 254 valence electrons. The number of rotatable bonds is 6. The summed E-state index contributed by atoms with van der Waals surface area (Å²) in [6.07, 6.45) is 0. The molecule has 3 aliphatic rings. The fourth-order valence-electron chi connectivity index (χ4n) is 8.10. The number of fused-ring (bicyclic) bond motifs is 4. The quantitative estimate of drug-likeness (QED) is 0.166. The van der Waals surface area contributed by atoms with Gasteiger partial charge in [0.05, 0.1) is 0 Å². The first kappa shape index (κ1) is 32.2. The molecule has 0 N–H and O–H groups in total. The minimum atomic E-state index is 0.367. The molecule has 5 aromatic carbocycles. The van der Waals surface area contributed by atoms with Crippen LogP contribution in [0.3, 0.4) is 0 Å². The van der Waals surface area contributed by atoms with Gasteiger partial charge in [-0.1, -0.05) is 116 Å². The predicted molar refractivity (Wildman–Crippen MR) is 207 cm³/mol. The Labute approximate surface area is 294 Å². The first-order valence-corrected chi connectivity index (χ1v) is 18.3. The largest absolute Gasteiger partial charge is 0.443 e. The van der Waals surface area contributed by atoms with Crippen molar-refractivity contribution in [1.82, 2.24) is 0 Å². The van der Waals surface area contributed by atoms with Crippen LogP contribution in [0.25, 0.3) is 39.2 Å². The van der Waals surface area contributed by atoms with Crippen molar-refractivity contribution in [2.75, 3.05) is 22.9 Å². The molecule has 0 amide bonds. The average Bonchev–Trinajstić information content (AvgIpc) is 3.55. The molecule has 5 aromatic rings. The Kier molecular flexibility index (Phi) is 7.97. The Morgan fingerprint density at radius 3 is 1.24 bits per heavy atom. The minimum absolute atomic E-state index is 0.367. The zero-order chi connectivity index (χ0) is 34.8. The van der Waals surface area contributed by atoms with E-state index in [2.05, 4.69) is 154 Å². The van der Waals surface area contributed by atoms with E-state index in [0.29, 0.717) is 23.7 Å². The molecule has 5 heteroatoms. The van der Waals surface area contributed by atoms with Gasteiger partial charge in [0.2, 0.25) is 11.2 Å². The van der Waals surface area contributed by atoms with E-state index in [0.717, 1.165) is 57.0 Å². The van der Waals surface area contributed by atoms with E-state index in [1.165, 1.54) is 39.4 Å². The smallest absolute Gasteiger partial charge is 0.297 e. The zero-order valence-electron chi connectivity index (χ0n) is 30.6. The molecule has 50 heavy (non-hydrogen) atoms. The van der Waals surface area contributed by atoms with Gasteiger partial charge in [-0.25, -0.2) is 0 Å². The number of hydrogen-bond acceptors (Lipinski definition) is 4. The molecule has 3 aliphatic heterocycles. The Bertz CT molecular complexity index is 2310. The van der Waals surface area contributed by atoms with E-state index >= 15 is 0 Å². The Balaban J connectivity index is 1.56. The van der Waals surface area contributed by atoms with Crippen LogP contribution in [-0.4, -0.2) is 13.1 Å². The van der Waals surface area contributed by atoms with Crippen molar-refractivity contribution >= 4 is 50.6 Å².